The van der Waals surface area contributed by atoms with Gasteiger partial charge in [-0.2, -0.15) is 0 Å². The van der Waals surface area contributed by atoms with E-state index in [2.05, 4.69) is 4.84 Å². The zero-order valence-electron chi connectivity index (χ0n) is 12.8. The molecule has 1 aromatic rings. The van der Waals surface area contributed by atoms with E-state index in [0.29, 0.717) is 28.7 Å². The smallest absolute Gasteiger partial charge is 0.303 e. The average Bonchev–Trinajstić information content (AvgIpc) is 2.55. The fourth-order valence-corrected chi connectivity index (χ4v) is 1.32. The number of carbonyl (C=O) groups excluding carboxylic acids is 2. The van der Waals surface area contributed by atoms with E-state index in [1.165, 1.54) is 19.2 Å². The molecule has 1 rings (SSSR count). The van der Waals surface area contributed by atoms with Gasteiger partial charge >= 0.3 is 5.69 Å². The number of aldehydes is 2. The van der Waals surface area contributed by atoms with Crippen LogP contribution in [0.3, 0.4) is 0 Å². The van der Waals surface area contributed by atoms with Crippen molar-refractivity contribution in [2.24, 2.45) is 0 Å². The minimum Gasteiger partial charge on any atom is -0.303 e. The van der Waals surface area contributed by atoms with Gasteiger partial charge in [0.25, 0.3) is 4.92 Å². The molecule has 0 radical (unpaired) electrons. The summed E-state index contributed by atoms with van der Waals surface area (Å²) >= 11 is 0. The molecule has 0 aromatic heterocycles. The summed E-state index contributed by atoms with van der Waals surface area (Å²) in [5, 5.41) is 0. The molecule has 1 unspecified atom stereocenters. The molecule has 0 aliphatic heterocycles. The molecule has 20 heavy (non-hydrogen) atoms. The fourth-order valence-electron chi connectivity index (χ4n) is 1.32. The van der Waals surface area contributed by atoms with Gasteiger partial charge in [-0.1, -0.05) is 39.8 Å². The molecule has 0 aliphatic carbocycles. The van der Waals surface area contributed by atoms with Crippen LogP contribution in [0.1, 0.15) is 45.6 Å². The maximum atomic E-state index is 11.1. The van der Waals surface area contributed by atoms with Gasteiger partial charge in [0.1, 0.15) is 12.6 Å². The molecule has 0 fully saturated rings. The van der Waals surface area contributed by atoms with Gasteiger partial charge in [0.05, 0.1) is 4.91 Å². The van der Waals surface area contributed by atoms with Crippen LogP contribution in [0.2, 0.25) is 0 Å². The molecule has 0 amide bonds. The Labute approximate surface area is 120 Å². The molecular weight excluding hydrogens is 258 g/mol. The van der Waals surface area contributed by atoms with Gasteiger partial charge in [-0.05, 0) is 5.56 Å². The van der Waals surface area contributed by atoms with Crippen LogP contribution in [0.4, 0.5) is 5.69 Å². The first-order valence-corrected chi connectivity index (χ1v) is 6.73. The van der Waals surface area contributed by atoms with Crippen molar-refractivity contribution in [1.29, 1.82) is 0 Å². The summed E-state index contributed by atoms with van der Waals surface area (Å²) in [5.41, 5.74) is 1.04. The third-order valence-electron chi connectivity index (χ3n) is 2.21. The molecule has 5 nitrogen and oxygen atoms in total. The second-order valence-corrected chi connectivity index (χ2v) is 3.18. The fraction of sp³-hybridized carbons (Fsp3) is 0.467. The largest absolute Gasteiger partial charge is 0.316 e. The van der Waals surface area contributed by atoms with E-state index >= 15 is 0 Å². The highest BCUT2D eigenvalue weighted by Crippen LogP contribution is 2.20. The molecule has 1 aromatic carbocycles. The molecule has 0 saturated heterocycles. The summed E-state index contributed by atoms with van der Waals surface area (Å²) in [7, 11) is 1.27. The first kappa shape index (κ1) is 20.3. The third kappa shape index (κ3) is 6.78. The van der Waals surface area contributed by atoms with Crippen molar-refractivity contribution in [3.05, 3.63) is 34.7 Å². The predicted octanol–water partition coefficient (Wildman–Crippen LogP) is 3.58. The van der Waals surface area contributed by atoms with Crippen LogP contribution in [-0.2, 0) is 14.4 Å². The van der Waals surface area contributed by atoms with Crippen molar-refractivity contribution in [3.63, 3.8) is 0 Å². The van der Waals surface area contributed by atoms with E-state index < -0.39 is 5.92 Å². The highest BCUT2D eigenvalue weighted by molar-refractivity contribution is 5.68. The van der Waals surface area contributed by atoms with Crippen LogP contribution >= 0.6 is 0 Å². The van der Waals surface area contributed by atoms with Crippen LogP contribution < -0.4 is 0 Å². The lowest BCUT2D eigenvalue weighted by Gasteiger charge is -2.05. The Morgan fingerprint density at radius 3 is 1.95 bits per heavy atom. The van der Waals surface area contributed by atoms with Crippen LogP contribution in [0.25, 0.3) is 0 Å². The standard InChI is InChI=1S/C11H12NO4.2C2H6/c1-16-12(15)11-4-2-9(3-5-11)10(8-14)6-7-13;2*1-2/h2-5,7-8,10H,6H2,1H3;2*1-2H3/q+1;;. The molecule has 0 N–H and O–H groups in total. The van der Waals surface area contributed by atoms with Crippen molar-refractivity contribution in [3.8, 4) is 0 Å². The second kappa shape index (κ2) is 13.4. The first-order chi connectivity index (χ1) is 9.72. The average molecular weight is 282 g/mol. The van der Waals surface area contributed by atoms with Gasteiger partial charge in [-0.3, -0.25) is 0 Å². The molecule has 0 bridgehead atoms. The summed E-state index contributed by atoms with van der Waals surface area (Å²) in [6, 6.07) is 6.32. The Balaban J connectivity index is 0. The highest BCUT2D eigenvalue weighted by Gasteiger charge is 2.15. The van der Waals surface area contributed by atoms with E-state index in [4.69, 9.17) is 0 Å². The Morgan fingerprint density at radius 1 is 1.10 bits per heavy atom. The summed E-state index contributed by atoms with van der Waals surface area (Å²) in [6.07, 6.45) is 1.56. The summed E-state index contributed by atoms with van der Waals surface area (Å²) in [4.78, 5) is 36.9. The summed E-state index contributed by atoms with van der Waals surface area (Å²) in [6.45, 7) is 8.00. The lowest BCUT2D eigenvalue weighted by atomic mass is 9.98. The summed E-state index contributed by atoms with van der Waals surface area (Å²) < 4.78 is 0. The molecule has 5 heteroatoms. The minimum absolute atomic E-state index is 0.147. The highest BCUT2D eigenvalue weighted by atomic mass is 16.8. The van der Waals surface area contributed by atoms with E-state index in [1.54, 1.807) is 12.1 Å². The zero-order valence-corrected chi connectivity index (χ0v) is 12.8. The Hall–Kier alpha value is -2.04. The third-order valence-corrected chi connectivity index (χ3v) is 2.21. The van der Waals surface area contributed by atoms with Gasteiger partial charge in [0, 0.05) is 24.5 Å². The van der Waals surface area contributed by atoms with Gasteiger partial charge in [-0.25, -0.2) is 4.84 Å². The van der Waals surface area contributed by atoms with Crippen LogP contribution in [-0.4, -0.2) is 24.6 Å². The number of rotatable bonds is 6. The van der Waals surface area contributed by atoms with Crippen molar-refractivity contribution in [2.75, 3.05) is 7.11 Å². The minimum atomic E-state index is -0.450. The van der Waals surface area contributed by atoms with Crippen LogP contribution in [0.5, 0.6) is 0 Å². The second-order valence-electron chi connectivity index (χ2n) is 3.18. The quantitative estimate of drug-likeness (QED) is 0.591. The zero-order chi connectivity index (χ0) is 16.0. The molecule has 1 atom stereocenters. The van der Waals surface area contributed by atoms with E-state index in [-0.39, 0.29) is 6.42 Å². The van der Waals surface area contributed by atoms with Crippen LogP contribution in [0, 0.1) is 4.91 Å². The molecule has 112 valence electrons. The van der Waals surface area contributed by atoms with Gasteiger partial charge in [0.15, 0.2) is 7.11 Å². The molecule has 0 saturated carbocycles. The molecule has 0 heterocycles. The normalized spacial score (nSPS) is 9.85. The van der Waals surface area contributed by atoms with Gasteiger partial charge < -0.3 is 9.59 Å². The van der Waals surface area contributed by atoms with Crippen LogP contribution in [0.15, 0.2) is 24.3 Å². The van der Waals surface area contributed by atoms with E-state index in [1.807, 2.05) is 27.7 Å². The van der Waals surface area contributed by atoms with E-state index in [9.17, 15) is 14.5 Å². The topological polar surface area (TPSA) is 63.5 Å². The Morgan fingerprint density at radius 2 is 1.60 bits per heavy atom. The number of carbonyl (C=O) groups is 2. The maximum absolute atomic E-state index is 11.1. The number of benzene rings is 1. The van der Waals surface area contributed by atoms with Gasteiger partial charge in [-0.15, -0.1) is 0 Å². The molecule has 0 spiro atoms. The summed E-state index contributed by atoms with van der Waals surface area (Å²) in [5.74, 6) is -0.450. The van der Waals surface area contributed by atoms with E-state index in [0.717, 1.165) is 0 Å². The molecule has 0 aliphatic rings. The SMILES string of the molecule is CC.CC.CO[N+](=O)c1ccc(C(C=O)CC=O)cc1. The van der Waals surface area contributed by atoms with Crippen molar-refractivity contribution < 1.29 is 19.3 Å². The number of hydrogen-bond donors (Lipinski definition) is 0. The van der Waals surface area contributed by atoms with Crippen molar-refractivity contribution in [1.82, 2.24) is 0 Å². The number of nitrogens with zero attached hydrogens (tertiary/aromatic N) is 1. The monoisotopic (exact) mass is 282 g/mol. The predicted molar refractivity (Wildman–Crippen MR) is 78.9 cm³/mol. The first-order valence-electron chi connectivity index (χ1n) is 6.73. The molecular formula is C15H24NO4+. The van der Waals surface area contributed by atoms with Crippen molar-refractivity contribution in [2.45, 2.75) is 40.0 Å². The lowest BCUT2D eigenvalue weighted by molar-refractivity contribution is -0.736. The number of hydrogen-bond acceptors (Lipinski definition) is 4. The Kier molecular flexibility index (Phi) is 13.6. The van der Waals surface area contributed by atoms with Crippen molar-refractivity contribution >= 4 is 18.3 Å². The Bertz CT molecular complexity index is 387. The lowest BCUT2D eigenvalue weighted by Crippen LogP contribution is -2.02. The maximum Gasteiger partial charge on any atom is 0.316 e. The van der Waals surface area contributed by atoms with Gasteiger partial charge in [0.2, 0.25) is 0 Å².